The summed E-state index contributed by atoms with van der Waals surface area (Å²) in [6.07, 6.45) is 1.74. The first-order valence-corrected chi connectivity index (χ1v) is 12.2. The molecule has 0 saturated carbocycles. The summed E-state index contributed by atoms with van der Waals surface area (Å²) >= 11 is 0. The Morgan fingerprint density at radius 3 is 2.32 bits per heavy atom. The number of aliphatic carboxylic acids is 1. The molecular weight excluding hydrogens is 484 g/mol. The van der Waals surface area contributed by atoms with E-state index >= 15 is 0 Å². The second-order valence-electron chi connectivity index (χ2n) is 9.08. The summed E-state index contributed by atoms with van der Waals surface area (Å²) in [5.41, 5.74) is 17.0. The minimum atomic E-state index is -1.21. The minimum Gasteiger partial charge on any atom is -0.508 e. The summed E-state index contributed by atoms with van der Waals surface area (Å²) in [6, 6.07) is 1.57. The molecule has 1 aliphatic heterocycles. The quantitative estimate of drug-likeness (QED) is 0.138. The molecule has 1 fully saturated rings. The van der Waals surface area contributed by atoms with Gasteiger partial charge in [-0.25, -0.2) is 4.79 Å². The van der Waals surface area contributed by atoms with Crippen molar-refractivity contribution in [3.63, 3.8) is 0 Å². The van der Waals surface area contributed by atoms with E-state index in [1.165, 1.54) is 17.0 Å². The molecule has 0 spiro atoms. The molecule has 2 rings (SSSR count). The Balaban J connectivity index is 2.19. The third-order valence-corrected chi connectivity index (χ3v) is 6.15. The number of phenolic OH excluding ortho intramolecular Hbond substituents is 1. The molecule has 1 aromatic rings. The van der Waals surface area contributed by atoms with Gasteiger partial charge in [-0.2, -0.15) is 0 Å². The van der Waals surface area contributed by atoms with Crippen LogP contribution in [0.1, 0.15) is 44.1 Å². The number of hydrogen-bond acceptors (Lipinski definition) is 8. The molecule has 204 valence electrons. The van der Waals surface area contributed by atoms with Crippen molar-refractivity contribution < 1.29 is 34.2 Å². The van der Waals surface area contributed by atoms with Crippen molar-refractivity contribution in [3.8, 4) is 5.75 Å². The van der Waals surface area contributed by atoms with Crippen molar-refractivity contribution in [3.05, 3.63) is 29.8 Å². The van der Waals surface area contributed by atoms with Gasteiger partial charge < -0.3 is 42.9 Å². The van der Waals surface area contributed by atoms with Crippen molar-refractivity contribution in [2.45, 2.75) is 69.1 Å². The Morgan fingerprint density at radius 2 is 1.73 bits per heavy atom. The number of benzene rings is 1. The second kappa shape index (κ2) is 14.1. The smallest absolute Gasteiger partial charge is 0.326 e. The number of carbonyl (C=O) groups is 5. The van der Waals surface area contributed by atoms with Crippen LogP contribution in [0.15, 0.2) is 24.3 Å². The Morgan fingerprint density at radius 1 is 1.05 bits per heavy atom. The summed E-state index contributed by atoms with van der Waals surface area (Å²) in [6.45, 7) is 0.639. The highest BCUT2D eigenvalue weighted by Crippen LogP contribution is 2.20. The van der Waals surface area contributed by atoms with Crippen molar-refractivity contribution >= 4 is 29.6 Å². The Labute approximate surface area is 214 Å². The number of phenols is 1. The molecule has 0 aliphatic carbocycles. The lowest BCUT2D eigenvalue weighted by Crippen LogP contribution is -2.57. The number of amides is 4. The van der Waals surface area contributed by atoms with Gasteiger partial charge in [-0.15, -0.1) is 0 Å². The summed E-state index contributed by atoms with van der Waals surface area (Å²) in [7, 11) is 0. The molecule has 1 aliphatic rings. The molecule has 1 aromatic carbocycles. The fourth-order valence-corrected chi connectivity index (χ4v) is 4.19. The van der Waals surface area contributed by atoms with Gasteiger partial charge in [0.2, 0.25) is 23.6 Å². The van der Waals surface area contributed by atoms with Crippen molar-refractivity contribution in [1.82, 2.24) is 15.5 Å². The number of nitrogens with two attached hydrogens (primary N) is 3. The Kier molecular flexibility index (Phi) is 11.3. The molecule has 0 radical (unpaired) electrons. The second-order valence-corrected chi connectivity index (χ2v) is 9.08. The first kappa shape index (κ1) is 29.5. The molecule has 13 heteroatoms. The monoisotopic (exact) mass is 520 g/mol. The number of primary amides is 1. The maximum Gasteiger partial charge on any atom is 0.326 e. The average Bonchev–Trinajstić information content (AvgIpc) is 3.33. The number of carboxylic acids is 1. The lowest BCUT2D eigenvalue weighted by molar-refractivity contribution is -0.143. The fraction of sp³-hybridized carbons (Fsp3) is 0.542. The third-order valence-electron chi connectivity index (χ3n) is 6.15. The van der Waals surface area contributed by atoms with E-state index in [0.717, 1.165) is 0 Å². The van der Waals surface area contributed by atoms with E-state index in [1.54, 1.807) is 12.1 Å². The average molecular weight is 521 g/mol. The summed E-state index contributed by atoms with van der Waals surface area (Å²) in [5.74, 6) is -3.84. The molecule has 0 aromatic heterocycles. The van der Waals surface area contributed by atoms with E-state index in [1.807, 2.05) is 0 Å². The highest BCUT2D eigenvalue weighted by atomic mass is 16.4. The van der Waals surface area contributed by atoms with Gasteiger partial charge in [0, 0.05) is 13.0 Å². The van der Waals surface area contributed by atoms with Gasteiger partial charge in [0.05, 0.1) is 12.5 Å². The number of hydrogen-bond donors (Lipinski definition) is 7. The standard InChI is InChI=1S/C24H36N6O7/c25-10-2-1-4-17(24(36)37)28-21(33)18(12-14-6-8-15(31)9-7-14)29-22(34)19-5-3-11-30(19)23(35)16(26)13-20(27)32/h6-9,16-19,31H,1-5,10-13,25-26H2,(H2,27,32)(H,28,33)(H,29,34)(H,36,37). The zero-order chi connectivity index (χ0) is 27.5. The van der Waals surface area contributed by atoms with E-state index in [9.17, 15) is 34.2 Å². The van der Waals surface area contributed by atoms with Crippen LogP contribution in [-0.4, -0.2) is 82.0 Å². The van der Waals surface area contributed by atoms with E-state index < -0.39 is 53.8 Å². The number of nitrogens with one attached hydrogen (secondary N) is 2. The fourth-order valence-electron chi connectivity index (χ4n) is 4.19. The van der Waals surface area contributed by atoms with Gasteiger partial charge >= 0.3 is 5.97 Å². The van der Waals surface area contributed by atoms with Crippen molar-refractivity contribution in [2.24, 2.45) is 17.2 Å². The highest BCUT2D eigenvalue weighted by Gasteiger charge is 2.38. The van der Waals surface area contributed by atoms with Crippen LogP contribution in [0, 0.1) is 0 Å². The van der Waals surface area contributed by atoms with Crippen LogP contribution >= 0.6 is 0 Å². The molecule has 0 bridgehead atoms. The molecule has 4 atom stereocenters. The number of nitrogens with zero attached hydrogens (tertiary/aromatic N) is 1. The maximum atomic E-state index is 13.2. The van der Waals surface area contributed by atoms with Crippen LogP contribution in [0.5, 0.6) is 5.75 Å². The Bertz CT molecular complexity index is 971. The predicted molar refractivity (Wildman–Crippen MR) is 133 cm³/mol. The molecule has 1 heterocycles. The van der Waals surface area contributed by atoms with Gasteiger partial charge in [-0.05, 0) is 56.3 Å². The molecular formula is C24H36N6O7. The molecule has 4 amide bonds. The van der Waals surface area contributed by atoms with Crippen LogP contribution in [0.25, 0.3) is 0 Å². The first-order chi connectivity index (χ1) is 17.5. The van der Waals surface area contributed by atoms with Crippen molar-refractivity contribution in [1.29, 1.82) is 0 Å². The van der Waals surface area contributed by atoms with E-state index in [-0.39, 0.29) is 31.6 Å². The summed E-state index contributed by atoms with van der Waals surface area (Å²) in [4.78, 5) is 63.2. The lowest BCUT2D eigenvalue weighted by atomic mass is 10.0. The number of likely N-dealkylation sites (tertiary alicyclic amines) is 1. The van der Waals surface area contributed by atoms with Crippen LogP contribution in [0.3, 0.4) is 0 Å². The summed E-state index contributed by atoms with van der Waals surface area (Å²) in [5, 5.41) is 24.2. The van der Waals surface area contributed by atoms with Gasteiger partial charge in [-0.3, -0.25) is 19.2 Å². The maximum absolute atomic E-state index is 13.2. The number of unbranched alkanes of at least 4 members (excludes halogenated alkanes) is 1. The van der Waals surface area contributed by atoms with Crippen LogP contribution in [-0.2, 0) is 30.4 Å². The number of carboxylic acid groups (broad SMARTS) is 1. The van der Waals surface area contributed by atoms with Gasteiger partial charge in [-0.1, -0.05) is 12.1 Å². The zero-order valence-corrected chi connectivity index (χ0v) is 20.6. The zero-order valence-electron chi connectivity index (χ0n) is 20.6. The Hall–Kier alpha value is -3.71. The van der Waals surface area contributed by atoms with E-state index in [0.29, 0.717) is 37.8 Å². The number of rotatable bonds is 14. The van der Waals surface area contributed by atoms with Gasteiger partial charge in [0.1, 0.15) is 23.9 Å². The van der Waals surface area contributed by atoms with Crippen LogP contribution in [0.4, 0.5) is 0 Å². The molecule has 13 nitrogen and oxygen atoms in total. The number of aromatic hydroxyl groups is 1. The number of carbonyl (C=O) groups excluding carboxylic acids is 4. The SMILES string of the molecule is NCCCCC(NC(=O)C(Cc1ccc(O)cc1)NC(=O)C1CCCN1C(=O)C(N)CC(N)=O)C(=O)O. The highest BCUT2D eigenvalue weighted by molar-refractivity contribution is 5.95. The van der Waals surface area contributed by atoms with Crippen molar-refractivity contribution in [2.75, 3.05) is 13.1 Å². The first-order valence-electron chi connectivity index (χ1n) is 12.2. The van der Waals surface area contributed by atoms with Crippen LogP contribution in [0.2, 0.25) is 0 Å². The van der Waals surface area contributed by atoms with Crippen LogP contribution < -0.4 is 27.8 Å². The molecule has 1 saturated heterocycles. The lowest BCUT2D eigenvalue weighted by Gasteiger charge is -2.28. The largest absolute Gasteiger partial charge is 0.508 e. The molecule has 10 N–H and O–H groups in total. The van der Waals surface area contributed by atoms with E-state index in [2.05, 4.69) is 10.6 Å². The van der Waals surface area contributed by atoms with E-state index in [4.69, 9.17) is 17.2 Å². The van der Waals surface area contributed by atoms with Gasteiger partial charge in [0.25, 0.3) is 0 Å². The normalized spacial score (nSPS) is 17.5. The summed E-state index contributed by atoms with van der Waals surface area (Å²) < 4.78 is 0. The third kappa shape index (κ3) is 9.03. The topological polar surface area (TPSA) is 231 Å². The predicted octanol–water partition coefficient (Wildman–Crippen LogP) is -1.69. The molecule has 37 heavy (non-hydrogen) atoms. The minimum absolute atomic E-state index is 0.00878. The molecule has 4 unspecified atom stereocenters. The van der Waals surface area contributed by atoms with Gasteiger partial charge in [0.15, 0.2) is 0 Å².